The van der Waals surface area contributed by atoms with Crippen LogP contribution in [0.1, 0.15) is 20.3 Å². The Hall–Kier alpha value is -2.44. The summed E-state index contributed by atoms with van der Waals surface area (Å²) in [5.41, 5.74) is 1.17. The number of anilines is 1. The van der Waals surface area contributed by atoms with Crippen molar-refractivity contribution in [1.29, 1.82) is 0 Å². The van der Waals surface area contributed by atoms with Gasteiger partial charge in [-0.25, -0.2) is 0 Å². The number of aromatic nitrogens is 3. The third-order valence-electron chi connectivity index (χ3n) is 5.08. The Morgan fingerprint density at radius 1 is 1.22 bits per heavy atom. The summed E-state index contributed by atoms with van der Waals surface area (Å²) in [6.45, 7) is 5.78. The predicted molar refractivity (Wildman–Crippen MR) is 106 cm³/mol. The maximum atomic E-state index is 10.3. The van der Waals surface area contributed by atoms with Crippen LogP contribution < -0.4 is 5.32 Å². The lowest BCUT2D eigenvalue weighted by atomic mass is 9.82. The fraction of sp³-hybridized carbons (Fsp3) is 0.350. The van der Waals surface area contributed by atoms with Crippen LogP contribution in [0.3, 0.4) is 0 Å². The zero-order valence-corrected chi connectivity index (χ0v) is 16.0. The molecule has 7 heteroatoms. The van der Waals surface area contributed by atoms with Crippen molar-refractivity contribution in [3.63, 3.8) is 0 Å². The Kier molecular flexibility index (Phi) is 4.61. The van der Waals surface area contributed by atoms with E-state index >= 15 is 0 Å². The molecule has 1 unspecified atom stereocenters. The molecular weight excluding hydrogens is 364 g/mol. The van der Waals surface area contributed by atoms with E-state index in [1.54, 1.807) is 24.5 Å². The molecule has 1 aliphatic rings. The van der Waals surface area contributed by atoms with Crippen LogP contribution in [-0.2, 0) is 4.74 Å². The van der Waals surface area contributed by atoms with Gasteiger partial charge in [0, 0.05) is 51.8 Å². The first-order chi connectivity index (χ1) is 13.0. The largest absolute Gasteiger partial charge is 0.507 e. The number of benzene rings is 1. The van der Waals surface area contributed by atoms with Crippen LogP contribution in [0.4, 0.5) is 5.82 Å². The Balaban J connectivity index is 1.79. The highest BCUT2D eigenvalue weighted by Crippen LogP contribution is 2.37. The molecule has 2 aromatic heterocycles. The van der Waals surface area contributed by atoms with Crippen LogP contribution in [-0.4, -0.2) is 39.5 Å². The number of halogens is 1. The van der Waals surface area contributed by atoms with Crippen molar-refractivity contribution in [2.45, 2.75) is 26.3 Å². The van der Waals surface area contributed by atoms with Gasteiger partial charge in [-0.3, -0.25) is 4.98 Å². The van der Waals surface area contributed by atoms with Crippen molar-refractivity contribution in [3.05, 3.63) is 41.7 Å². The molecule has 6 nitrogen and oxygen atoms in total. The summed E-state index contributed by atoms with van der Waals surface area (Å²) < 4.78 is 5.61. The third-order valence-corrected chi connectivity index (χ3v) is 5.31. The van der Waals surface area contributed by atoms with Gasteiger partial charge in [-0.2, -0.15) is 0 Å². The minimum absolute atomic E-state index is 0.0123. The molecule has 0 aliphatic carbocycles. The van der Waals surface area contributed by atoms with E-state index in [0.29, 0.717) is 28.7 Å². The molecule has 1 fully saturated rings. The van der Waals surface area contributed by atoms with Gasteiger partial charge in [-0.15, -0.1) is 10.2 Å². The van der Waals surface area contributed by atoms with Crippen molar-refractivity contribution >= 4 is 28.2 Å². The highest BCUT2D eigenvalue weighted by molar-refractivity contribution is 6.30. The lowest BCUT2D eigenvalue weighted by molar-refractivity contribution is 0.00340. The van der Waals surface area contributed by atoms with Crippen LogP contribution >= 0.6 is 11.6 Å². The normalized spacial score (nSPS) is 19.1. The Morgan fingerprint density at radius 2 is 2.07 bits per heavy atom. The van der Waals surface area contributed by atoms with Crippen LogP contribution in [0.15, 0.2) is 36.7 Å². The molecule has 0 amide bonds. The molecule has 1 atom stereocenters. The number of phenolic OH excluding ortho intramolecular Hbond substituents is 1. The average molecular weight is 385 g/mol. The first kappa shape index (κ1) is 17.9. The molecule has 0 bridgehead atoms. The van der Waals surface area contributed by atoms with Gasteiger partial charge in [0.05, 0.1) is 6.61 Å². The number of pyridine rings is 1. The molecule has 140 valence electrons. The van der Waals surface area contributed by atoms with Crippen molar-refractivity contribution in [3.8, 4) is 17.0 Å². The maximum Gasteiger partial charge on any atom is 0.158 e. The van der Waals surface area contributed by atoms with Crippen molar-refractivity contribution in [2.24, 2.45) is 5.41 Å². The summed E-state index contributed by atoms with van der Waals surface area (Å²) in [6.07, 6.45) is 4.38. The summed E-state index contributed by atoms with van der Waals surface area (Å²) in [4.78, 5) is 4.26. The van der Waals surface area contributed by atoms with E-state index in [1.807, 2.05) is 6.07 Å². The van der Waals surface area contributed by atoms with E-state index in [4.69, 9.17) is 16.3 Å². The number of aromatic hydroxyl groups is 1. The minimum atomic E-state index is -0.0123. The molecule has 2 N–H and O–H groups in total. The summed E-state index contributed by atoms with van der Waals surface area (Å²) in [5, 5.41) is 24.9. The van der Waals surface area contributed by atoms with Gasteiger partial charge in [0.1, 0.15) is 11.4 Å². The summed E-state index contributed by atoms with van der Waals surface area (Å²) in [5.74, 6) is 0.761. The quantitative estimate of drug-likeness (QED) is 0.701. The molecule has 3 heterocycles. The summed E-state index contributed by atoms with van der Waals surface area (Å²) in [7, 11) is 0. The highest BCUT2D eigenvalue weighted by Gasteiger charge is 2.33. The SMILES string of the molecule is CC1(C)COCCC1Nc1nnc(-c2ccc(Cl)cc2O)c2ccncc12. The first-order valence-corrected chi connectivity index (χ1v) is 9.27. The number of ether oxygens (including phenoxy) is 1. The van der Waals surface area contributed by atoms with E-state index in [0.717, 1.165) is 23.8 Å². The molecular formula is C20H21ClN4O2. The van der Waals surface area contributed by atoms with Gasteiger partial charge in [-0.1, -0.05) is 25.4 Å². The highest BCUT2D eigenvalue weighted by atomic mass is 35.5. The molecule has 4 rings (SSSR count). The second kappa shape index (κ2) is 6.94. The molecule has 0 radical (unpaired) electrons. The Labute approximate surface area is 162 Å². The number of hydrogen-bond acceptors (Lipinski definition) is 6. The monoisotopic (exact) mass is 384 g/mol. The molecule has 3 aromatic rings. The number of phenols is 1. The molecule has 27 heavy (non-hydrogen) atoms. The van der Waals surface area contributed by atoms with Crippen molar-refractivity contribution < 1.29 is 9.84 Å². The van der Waals surface area contributed by atoms with Gasteiger partial charge < -0.3 is 15.2 Å². The number of nitrogens with zero attached hydrogens (tertiary/aromatic N) is 3. The topological polar surface area (TPSA) is 80.2 Å². The maximum absolute atomic E-state index is 10.3. The van der Waals surface area contributed by atoms with Gasteiger partial charge in [0.15, 0.2) is 5.82 Å². The second-order valence-electron chi connectivity index (χ2n) is 7.51. The third kappa shape index (κ3) is 3.42. The molecule has 0 spiro atoms. The number of fused-ring (bicyclic) bond motifs is 1. The van der Waals surface area contributed by atoms with Crippen LogP contribution in [0, 0.1) is 5.41 Å². The molecule has 1 aromatic carbocycles. The minimum Gasteiger partial charge on any atom is -0.507 e. The lowest BCUT2D eigenvalue weighted by Gasteiger charge is -2.39. The van der Waals surface area contributed by atoms with E-state index in [-0.39, 0.29) is 17.2 Å². The van der Waals surface area contributed by atoms with Crippen LogP contribution in [0.5, 0.6) is 5.75 Å². The fourth-order valence-corrected chi connectivity index (χ4v) is 3.63. The number of rotatable bonds is 3. The van der Waals surface area contributed by atoms with Crippen LogP contribution in [0.2, 0.25) is 5.02 Å². The molecule has 1 aliphatic heterocycles. The van der Waals surface area contributed by atoms with Gasteiger partial charge in [-0.05, 0) is 30.7 Å². The van der Waals surface area contributed by atoms with Crippen molar-refractivity contribution in [1.82, 2.24) is 15.2 Å². The second-order valence-corrected chi connectivity index (χ2v) is 7.94. The van der Waals surface area contributed by atoms with Gasteiger partial charge >= 0.3 is 0 Å². The van der Waals surface area contributed by atoms with E-state index < -0.39 is 0 Å². The van der Waals surface area contributed by atoms with Crippen LogP contribution in [0.25, 0.3) is 22.0 Å². The van der Waals surface area contributed by atoms with E-state index in [1.165, 1.54) is 6.07 Å². The molecule has 0 saturated carbocycles. The lowest BCUT2D eigenvalue weighted by Crippen LogP contribution is -2.44. The van der Waals surface area contributed by atoms with E-state index in [9.17, 15) is 5.11 Å². The van der Waals surface area contributed by atoms with Gasteiger partial charge in [0.25, 0.3) is 0 Å². The first-order valence-electron chi connectivity index (χ1n) is 8.89. The standard InChI is InChI=1S/C20H21ClN4O2/c1-20(2)11-27-8-6-17(20)23-19-15-10-22-7-5-13(15)18(24-25-19)14-4-3-12(21)9-16(14)26/h3-5,7,9-10,17,26H,6,8,11H2,1-2H3,(H,23,25). The number of nitrogens with one attached hydrogen (secondary N) is 1. The zero-order chi connectivity index (χ0) is 19.0. The average Bonchev–Trinajstić information content (AvgIpc) is 2.64. The predicted octanol–water partition coefficient (Wildman–Crippen LogP) is 4.28. The Morgan fingerprint density at radius 3 is 2.85 bits per heavy atom. The zero-order valence-electron chi connectivity index (χ0n) is 15.2. The smallest absolute Gasteiger partial charge is 0.158 e. The van der Waals surface area contributed by atoms with E-state index in [2.05, 4.69) is 34.3 Å². The molecule has 1 saturated heterocycles. The van der Waals surface area contributed by atoms with Gasteiger partial charge in [0.2, 0.25) is 0 Å². The summed E-state index contributed by atoms with van der Waals surface area (Å²) >= 11 is 5.96. The summed E-state index contributed by atoms with van der Waals surface area (Å²) in [6, 6.07) is 7.08. The number of hydrogen-bond donors (Lipinski definition) is 2. The fourth-order valence-electron chi connectivity index (χ4n) is 3.47. The Bertz CT molecular complexity index is 993. The van der Waals surface area contributed by atoms with Crippen molar-refractivity contribution in [2.75, 3.05) is 18.5 Å².